The third kappa shape index (κ3) is 2.30. The monoisotopic (exact) mass is 377 g/mol. The molecule has 0 fully saturated rings. The van der Waals surface area contributed by atoms with Crippen LogP contribution >= 0.6 is 0 Å². The van der Waals surface area contributed by atoms with Gasteiger partial charge >= 0.3 is 0 Å². The molecule has 0 bridgehead atoms. The van der Waals surface area contributed by atoms with Crippen molar-refractivity contribution in [3.05, 3.63) is 57.9 Å². The first-order chi connectivity index (χ1) is 13.9. The molecule has 0 aliphatic carbocycles. The largest absolute Gasteiger partial charge is 0.456 e. The molecule has 0 spiro atoms. The van der Waals surface area contributed by atoms with Crippen molar-refractivity contribution in [1.82, 2.24) is 4.98 Å². The van der Waals surface area contributed by atoms with Crippen LogP contribution in [0.4, 0.5) is 0 Å². The normalized spacial score (nSPS) is 12.6. The first-order valence-electron chi connectivity index (χ1n) is 9.39. The van der Waals surface area contributed by atoms with Crippen LogP contribution in [0.5, 0.6) is 23.0 Å². The predicted molar refractivity (Wildman–Crippen MR) is 110 cm³/mol. The van der Waals surface area contributed by atoms with Gasteiger partial charge in [0.25, 0.3) is 6.71 Å². The Bertz CT molecular complexity index is 1230. The van der Waals surface area contributed by atoms with Crippen LogP contribution in [0.2, 0.25) is 0 Å². The van der Waals surface area contributed by atoms with Gasteiger partial charge < -0.3 is 9.47 Å². The van der Waals surface area contributed by atoms with Crippen molar-refractivity contribution in [1.29, 1.82) is 10.5 Å². The number of fused-ring (bicyclic) bond motifs is 4. The fourth-order valence-electron chi connectivity index (χ4n) is 4.33. The van der Waals surface area contributed by atoms with Gasteiger partial charge in [-0.3, -0.25) is 4.98 Å². The highest BCUT2D eigenvalue weighted by Gasteiger charge is 2.42. The standard InChI is InChI=1S/C23H16BN3O2/c1-11-5-19-17(7-15(11)9-25)24-18-8-16(10-26)12(2)6-20(18)29-23-14(4)27-13(3)22(28-19)21(23)24/h5-8H,1-4H3. The molecule has 2 aliphatic heterocycles. The molecule has 29 heavy (non-hydrogen) atoms. The minimum Gasteiger partial charge on any atom is -0.456 e. The summed E-state index contributed by atoms with van der Waals surface area (Å²) >= 11 is 0. The summed E-state index contributed by atoms with van der Waals surface area (Å²) in [6.07, 6.45) is 0. The molecule has 1 aromatic heterocycles. The molecule has 5 rings (SSSR count). The third-order valence-electron chi connectivity index (χ3n) is 5.77. The zero-order chi connectivity index (χ0) is 20.4. The average Bonchev–Trinajstić information content (AvgIpc) is 2.70. The Labute approximate surface area is 169 Å². The fourth-order valence-corrected chi connectivity index (χ4v) is 4.33. The molecule has 0 saturated carbocycles. The third-order valence-corrected chi connectivity index (χ3v) is 5.77. The molecule has 0 unspecified atom stereocenters. The van der Waals surface area contributed by atoms with Gasteiger partial charge in [-0.05, 0) is 74.0 Å². The quantitative estimate of drug-likeness (QED) is 0.388. The van der Waals surface area contributed by atoms with E-state index >= 15 is 0 Å². The second-order valence-electron chi connectivity index (χ2n) is 7.63. The van der Waals surface area contributed by atoms with Gasteiger partial charge in [-0.1, -0.05) is 0 Å². The Kier molecular flexibility index (Phi) is 3.51. The molecule has 2 aromatic carbocycles. The number of aryl methyl sites for hydroxylation is 4. The molecular weight excluding hydrogens is 361 g/mol. The van der Waals surface area contributed by atoms with E-state index in [0.29, 0.717) is 34.1 Å². The van der Waals surface area contributed by atoms with E-state index in [1.807, 2.05) is 52.0 Å². The molecule has 6 heteroatoms. The van der Waals surface area contributed by atoms with E-state index < -0.39 is 0 Å². The molecule has 3 aromatic rings. The predicted octanol–water partition coefficient (Wildman–Crippen LogP) is 2.79. The number of rotatable bonds is 0. The lowest BCUT2D eigenvalue weighted by Crippen LogP contribution is -2.58. The van der Waals surface area contributed by atoms with Gasteiger partial charge in [0.15, 0.2) is 0 Å². The maximum atomic E-state index is 9.58. The van der Waals surface area contributed by atoms with Crippen molar-refractivity contribution >= 4 is 23.1 Å². The van der Waals surface area contributed by atoms with Gasteiger partial charge in [0.1, 0.15) is 23.0 Å². The van der Waals surface area contributed by atoms with Crippen molar-refractivity contribution in [3.8, 4) is 35.1 Å². The molecule has 138 valence electrons. The molecule has 0 saturated heterocycles. The van der Waals surface area contributed by atoms with Gasteiger partial charge in [-0.15, -0.1) is 0 Å². The topological polar surface area (TPSA) is 78.9 Å². The number of nitrogens with zero attached hydrogens (tertiary/aromatic N) is 3. The van der Waals surface area contributed by atoms with Crippen LogP contribution in [0, 0.1) is 50.4 Å². The van der Waals surface area contributed by atoms with Crippen LogP contribution in [-0.4, -0.2) is 11.7 Å². The molecule has 0 radical (unpaired) electrons. The second kappa shape index (κ2) is 5.86. The van der Waals surface area contributed by atoms with Gasteiger partial charge in [0.05, 0.1) is 34.7 Å². The molecule has 5 nitrogen and oxygen atoms in total. The van der Waals surface area contributed by atoms with Crippen molar-refractivity contribution in [3.63, 3.8) is 0 Å². The first-order valence-corrected chi connectivity index (χ1v) is 9.39. The molecule has 0 atom stereocenters. The zero-order valence-corrected chi connectivity index (χ0v) is 16.5. The molecule has 3 heterocycles. The van der Waals surface area contributed by atoms with E-state index in [2.05, 4.69) is 17.1 Å². The highest BCUT2D eigenvalue weighted by atomic mass is 16.5. The van der Waals surface area contributed by atoms with E-state index in [0.717, 1.165) is 38.9 Å². The number of ether oxygens (including phenoxy) is 2. The molecule has 2 aliphatic rings. The Morgan fingerprint density at radius 3 is 1.62 bits per heavy atom. The summed E-state index contributed by atoms with van der Waals surface area (Å²) in [6.45, 7) is 7.46. The maximum absolute atomic E-state index is 9.58. The first kappa shape index (κ1) is 17.3. The summed E-state index contributed by atoms with van der Waals surface area (Å²) in [5, 5.41) is 19.2. The van der Waals surface area contributed by atoms with Gasteiger partial charge in [-0.2, -0.15) is 10.5 Å². The number of hydrogen-bond donors (Lipinski definition) is 0. The van der Waals surface area contributed by atoms with Crippen molar-refractivity contribution in [2.45, 2.75) is 27.7 Å². The van der Waals surface area contributed by atoms with Crippen LogP contribution in [0.25, 0.3) is 0 Å². The van der Waals surface area contributed by atoms with Gasteiger partial charge in [0, 0.05) is 5.46 Å². The van der Waals surface area contributed by atoms with Crippen LogP contribution in [0.15, 0.2) is 24.3 Å². The Balaban J connectivity index is 1.90. The van der Waals surface area contributed by atoms with Crippen molar-refractivity contribution < 1.29 is 9.47 Å². The smallest absolute Gasteiger partial charge is 0.260 e. The SMILES string of the molecule is Cc1cc2c(cc1C#N)B1c3cc(C#N)c(C)cc3Oc3c(C)nc(C)c(c31)O2. The summed E-state index contributed by atoms with van der Waals surface area (Å²) in [4.78, 5) is 4.63. The van der Waals surface area contributed by atoms with Crippen LogP contribution < -0.4 is 25.9 Å². The van der Waals surface area contributed by atoms with E-state index in [-0.39, 0.29) is 6.71 Å². The van der Waals surface area contributed by atoms with Crippen LogP contribution in [0.3, 0.4) is 0 Å². The summed E-state index contributed by atoms with van der Waals surface area (Å²) in [6, 6.07) is 12.2. The summed E-state index contributed by atoms with van der Waals surface area (Å²) < 4.78 is 12.5. The summed E-state index contributed by atoms with van der Waals surface area (Å²) in [5.74, 6) is 2.81. The van der Waals surface area contributed by atoms with Crippen LogP contribution in [-0.2, 0) is 0 Å². The fraction of sp³-hybridized carbons (Fsp3) is 0.174. The zero-order valence-electron chi connectivity index (χ0n) is 16.5. The molecule has 0 amide bonds. The average molecular weight is 377 g/mol. The molecule has 0 N–H and O–H groups in total. The van der Waals surface area contributed by atoms with E-state index in [9.17, 15) is 10.5 Å². The number of aromatic nitrogens is 1. The van der Waals surface area contributed by atoms with Gasteiger partial charge in [-0.25, -0.2) is 0 Å². The lowest BCUT2D eigenvalue weighted by atomic mass is 9.34. The number of pyridine rings is 1. The van der Waals surface area contributed by atoms with E-state index in [1.165, 1.54) is 0 Å². The molecular formula is C23H16BN3O2. The van der Waals surface area contributed by atoms with E-state index in [4.69, 9.17) is 9.47 Å². The summed E-state index contributed by atoms with van der Waals surface area (Å²) in [7, 11) is 0. The Morgan fingerprint density at radius 2 is 1.21 bits per heavy atom. The minimum atomic E-state index is -0.187. The van der Waals surface area contributed by atoms with Gasteiger partial charge in [0.2, 0.25) is 0 Å². The van der Waals surface area contributed by atoms with E-state index in [1.54, 1.807) is 0 Å². The lowest BCUT2D eigenvalue weighted by Gasteiger charge is -2.34. The number of benzene rings is 2. The second-order valence-corrected chi connectivity index (χ2v) is 7.63. The van der Waals surface area contributed by atoms with Crippen LogP contribution in [0.1, 0.15) is 33.6 Å². The minimum absolute atomic E-state index is 0.187. The van der Waals surface area contributed by atoms with Crippen molar-refractivity contribution in [2.75, 3.05) is 0 Å². The number of hydrogen-bond acceptors (Lipinski definition) is 5. The Morgan fingerprint density at radius 1 is 0.759 bits per heavy atom. The summed E-state index contributed by atoms with van der Waals surface area (Å²) in [5.41, 5.74) is 7.25. The lowest BCUT2D eigenvalue weighted by molar-refractivity contribution is 0.453. The Hall–Kier alpha value is -3.77. The highest BCUT2D eigenvalue weighted by Crippen LogP contribution is 2.38. The number of nitriles is 2. The maximum Gasteiger partial charge on any atom is 0.260 e. The van der Waals surface area contributed by atoms with Crippen molar-refractivity contribution in [2.24, 2.45) is 0 Å². The highest BCUT2D eigenvalue weighted by molar-refractivity contribution is 6.98.